The zero-order valence-corrected chi connectivity index (χ0v) is 18.8. The molecule has 0 aliphatic carbocycles. The van der Waals surface area contributed by atoms with Gasteiger partial charge in [-0.3, -0.25) is 4.40 Å². The molecule has 4 rings (SSSR count). The molecule has 3 aromatic heterocycles. The van der Waals surface area contributed by atoms with Crippen molar-refractivity contribution in [1.29, 1.82) is 5.26 Å². The number of pyridine rings is 1. The third-order valence-electron chi connectivity index (χ3n) is 5.46. The fraction of sp³-hybridized carbons (Fsp3) is 0.435. The summed E-state index contributed by atoms with van der Waals surface area (Å²) in [6.07, 6.45) is 6.73. The van der Waals surface area contributed by atoms with Crippen LogP contribution in [0.1, 0.15) is 39.2 Å². The van der Waals surface area contributed by atoms with Gasteiger partial charge in [-0.2, -0.15) is 5.26 Å². The van der Waals surface area contributed by atoms with Crippen molar-refractivity contribution in [3.05, 3.63) is 42.4 Å². The van der Waals surface area contributed by atoms with Crippen molar-refractivity contribution in [2.24, 2.45) is 0 Å². The van der Waals surface area contributed by atoms with E-state index in [0.29, 0.717) is 30.2 Å². The average molecular weight is 434 g/mol. The van der Waals surface area contributed by atoms with E-state index in [1.807, 2.05) is 38.3 Å². The lowest BCUT2D eigenvalue weighted by atomic mass is 10.0. The molecule has 0 N–H and O–H groups in total. The van der Waals surface area contributed by atoms with E-state index in [2.05, 4.69) is 20.9 Å². The number of likely N-dealkylation sites (N-methyl/N-ethyl adjacent to an activating group) is 1. The monoisotopic (exact) mass is 433 g/mol. The number of likely N-dealkylation sites (tertiary alicyclic amines) is 1. The molecule has 32 heavy (non-hydrogen) atoms. The number of nitriles is 1. The fourth-order valence-corrected chi connectivity index (χ4v) is 3.83. The van der Waals surface area contributed by atoms with Crippen molar-refractivity contribution < 1.29 is 9.53 Å². The second-order valence-electron chi connectivity index (χ2n) is 8.97. The van der Waals surface area contributed by atoms with E-state index in [1.54, 1.807) is 35.6 Å². The lowest BCUT2D eigenvalue weighted by molar-refractivity contribution is 0.0199. The molecule has 0 radical (unpaired) electrons. The lowest BCUT2D eigenvalue weighted by Crippen LogP contribution is -2.50. The van der Waals surface area contributed by atoms with Crippen LogP contribution in [0.3, 0.4) is 0 Å². The molecule has 1 atom stereocenters. The molecule has 0 bridgehead atoms. The molecular formula is C23H27N7O2. The first-order chi connectivity index (χ1) is 15.2. The molecule has 166 valence electrons. The first-order valence-electron chi connectivity index (χ1n) is 10.7. The minimum Gasteiger partial charge on any atom is -0.444 e. The summed E-state index contributed by atoms with van der Waals surface area (Å²) in [7, 11) is 1.98. The Balaban J connectivity index is 1.56. The summed E-state index contributed by atoms with van der Waals surface area (Å²) >= 11 is 0. The second kappa shape index (κ2) is 8.46. The van der Waals surface area contributed by atoms with Gasteiger partial charge in [0, 0.05) is 38.6 Å². The molecule has 1 aliphatic heterocycles. The number of carbonyl (C=O) groups is 1. The number of aromatic nitrogens is 4. The van der Waals surface area contributed by atoms with Crippen LogP contribution in [0.4, 0.5) is 10.6 Å². The van der Waals surface area contributed by atoms with Crippen LogP contribution in [-0.2, 0) is 4.74 Å². The first kappa shape index (κ1) is 21.6. The Morgan fingerprint density at radius 3 is 2.84 bits per heavy atom. The Morgan fingerprint density at radius 1 is 1.28 bits per heavy atom. The highest BCUT2D eigenvalue weighted by atomic mass is 16.6. The number of ether oxygens (including phenoxy) is 1. The molecule has 3 aromatic rings. The minimum atomic E-state index is -0.517. The number of anilines is 1. The van der Waals surface area contributed by atoms with Gasteiger partial charge in [-0.1, -0.05) is 0 Å². The topological polar surface area (TPSA) is 99.6 Å². The standard InChI is InChI=1S/C23H27N7O2/c1-23(2,3)32-22(31)29-11-5-6-17(15-29)28(4)20-9-10-25-21(27-20)18-13-26-19-8-7-16(12-24)14-30(18)19/h7-10,13-14,17H,5-6,11,15H2,1-4H3/t17-/m1/s1. The number of amides is 1. The number of carbonyl (C=O) groups excluding carboxylic acids is 1. The second-order valence-corrected chi connectivity index (χ2v) is 8.97. The van der Waals surface area contributed by atoms with E-state index in [-0.39, 0.29) is 12.1 Å². The fourth-order valence-electron chi connectivity index (χ4n) is 3.83. The van der Waals surface area contributed by atoms with Crippen molar-refractivity contribution >= 4 is 17.6 Å². The summed E-state index contributed by atoms with van der Waals surface area (Å²) in [6.45, 7) is 6.89. The van der Waals surface area contributed by atoms with Crippen molar-refractivity contribution in [2.75, 3.05) is 25.0 Å². The molecule has 1 aliphatic rings. The molecule has 9 heteroatoms. The molecule has 0 aromatic carbocycles. The Morgan fingerprint density at radius 2 is 2.09 bits per heavy atom. The van der Waals surface area contributed by atoms with Crippen LogP contribution in [-0.4, -0.2) is 62.1 Å². The minimum absolute atomic E-state index is 0.117. The Bertz CT molecular complexity index is 1180. The number of fused-ring (bicyclic) bond motifs is 1. The smallest absolute Gasteiger partial charge is 0.410 e. The Hall–Kier alpha value is -3.67. The van der Waals surface area contributed by atoms with Crippen molar-refractivity contribution in [3.63, 3.8) is 0 Å². The van der Waals surface area contributed by atoms with E-state index in [9.17, 15) is 10.1 Å². The summed E-state index contributed by atoms with van der Waals surface area (Å²) in [5.41, 5.74) is 1.46. The molecular weight excluding hydrogens is 406 g/mol. The molecule has 9 nitrogen and oxygen atoms in total. The molecule has 1 saturated heterocycles. The molecule has 0 spiro atoms. The normalized spacial score (nSPS) is 16.6. The van der Waals surface area contributed by atoms with Crippen LogP contribution in [0.25, 0.3) is 17.2 Å². The molecule has 0 saturated carbocycles. The van der Waals surface area contributed by atoms with Gasteiger partial charge >= 0.3 is 6.09 Å². The molecule has 0 unspecified atom stereocenters. The highest BCUT2D eigenvalue weighted by Gasteiger charge is 2.30. The van der Waals surface area contributed by atoms with Crippen molar-refractivity contribution in [1.82, 2.24) is 24.3 Å². The summed E-state index contributed by atoms with van der Waals surface area (Å²) in [5.74, 6) is 1.29. The summed E-state index contributed by atoms with van der Waals surface area (Å²) in [5, 5.41) is 9.22. The maximum absolute atomic E-state index is 12.5. The molecule has 1 fully saturated rings. The van der Waals surface area contributed by atoms with Gasteiger partial charge < -0.3 is 14.5 Å². The average Bonchev–Trinajstić information content (AvgIpc) is 3.21. The van der Waals surface area contributed by atoms with Crippen LogP contribution >= 0.6 is 0 Å². The van der Waals surface area contributed by atoms with E-state index < -0.39 is 5.60 Å². The van der Waals surface area contributed by atoms with Crippen LogP contribution in [0, 0.1) is 11.3 Å². The zero-order valence-electron chi connectivity index (χ0n) is 18.8. The summed E-state index contributed by atoms with van der Waals surface area (Å²) in [4.78, 5) is 30.0. The quantitative estimate of drug-likeness (QED) is 0.623. The predicted molar refractivity (Wildman–Crippen MR) is 120 cm³/mol. The van der Waals surface area contributed by atoms with Crippen LogP contribution in [0.15, 0.2) is 36.8 Å². The SMILES string of the molecule is CN(c1ccnc(-c2cnc3ccc(C#N)cn23)n1)[C@@H]1CCCN(C(=O)OC(C)(C)C)C1. The van der Waals surface area contributed by atoms with E-state index in [1.165, 1.54) is 0 Å². The van der Waals surface area contributed by atoms with Crippen molar-refractivity contribution in [2.45, 2.75) is 45.3 Å². The lowest BCUT2D eigenvalue weighted by Gasteiger charge is -2.38. The highest BCUT2D eigenvalue weighted by Crippen LogP contribution is 2.24. The Kier molecular flexibility index (Phi) is 5.70. The largest absolute Gasteiger partial charge is 0.444 e. The van der Waals surface area contributed by atoms with Crippen LogP contribution < -0.4 is 4.90 Å². The number of imidazole rings is 1. The molecule has 1 amide bonds. The van der Waals surface area contributed by atoms with Gasteiger partial charge in [0.05, 0.1) is 11.8 Å². The molecule has 4 heterocycles. The van der Waals surface area contributed by atoms with Gasteiger partial charge in [0.25, 0.3) is 0 Å². The van der Waals surface area contributed by atoms with Gasteiger partial charge in [-0.25, -0.2) is 19.7 Å². The van der Waals surface area contributed by atoms with Crippen LogP contribution in [0.2, 0.25) is 0 Å². The van der Waals surface area contributed by atoms with Gasteiger partial charge in [-0.15, -0.1) is 0 Å². The third kappa shape index (κ3) is 4.49. The van der Waals surface area contributed by atoms with Crippen molar-refractivity contribution in [3.8, 4) is 17.6 Å². The number of piperidine rings is 1. The number of hydrogen-bond acceptors (Lipinski definition) is 7. The summed E-state index contributed by atoms with van der Waals surface area (Å²) in [6, 6.07) is 7.66. The van der Waals surface area contributed by atoms with Gasteiger partial charge in [0.1, 0.15) is 28.8 Å². The van der Waals surface area contributed by atoms with Gasteiger partial charge in [-0.05, 0) is 51.8 Å². The first-order valence-corrected chi connectivity index (χ1v) is 10.7. The maximum Gasteiger partial charge on any atom is 0.410 e. The highest BCUT2D eigenvalue weighted by molar-refractivity contribution is 5.68. The van der Waals surface area contributed by atoms with Gasteiger partial charge in [0.15, 0.2) is 5.82 Å². The Labute approximate surface area is 187 Å². The summed E-state index contributed by atoms with van der Waals surface area (Å²) < 4.78 is 7.37. The van der Waals surface area contributed by atoms with E-state index in [0.717, 1.165) is 24.3 Å². The van der Waals surface area contributed by atoms with E-state index >= 15 is 0 Å². The third-order valence-corrected chi connectivity index (χ3v) is 5.46. The maximum atomic E-state index is 12.5. The number of hydrogen-bond donors (Lipinski definition) is 0. The predicted octanol–water partition coefficient (Wildman–Crippen LogP) is 3.50. The number of nitrogens with zero attached hydrogens (tertiary/aromatic N) is 7. The zero-order chi connectivity index (χ0) is 22.9. The van der Waals surface area contributed by atoms with Crippen LogP contribution in [0.5, 0.6) is 0 Å². The van der Waals surface area contributed by atoms with Gasteiger partial charge in [0.2, 0.25) is 0 Å². The van der Waals surface area contributed by atoms with E-state index in [4.69, 9.17) is 9.72 Å². The number of rotatable bonds is 3.